The van der Waals surface area contributed by atoms with E-state index in [9.17, 15) is 4.79 Å². The molecule has 1 amide bonds. The van der Waals surface area contributed by atoms with E-state index in [1.807, 2.05) is 18.2 Å². The molecule has 1 aliphatic carbocycles. The summed E-state index contributed by atoms with van der Waals surface area (Å²) in [5.74, 6) is 0.632. The predicted octanol–water partition coefficient (Wildman–Crippen LogP) is 1.73. The van der Waals surface area contributed by atoms with Crippen LogP contribution in [-0.2, 0) is 10.2 Å². The number of benzene rings is 1. The quantitative estimate of drug-likeness (QED) is 0.790. The minimum Gasteiger partial charge on any atom is -0.355 e. The van der Waals surface area contributed by atoms with Crippen molar-refractivity contribution < 1.29 is 4.79 Å². The molecule has 1 aromatic rings. The summed E-state index contributed by atoms with van der Waals surface area (Å²) in [5.41, 5.74) is 7.36. The van der Waals surface area contributed by atoms with E-state index in [1.54, 1.807) is 0 Å². The molecule has 2 aliphatic rings. The molecule has 3 N–H and O–H groups in total. The number of amides is 1. The van der Waals surface area contributed by atoms with Crippen molar-refractivity contribution in [2.45, 2.75) is 50.6 Å². The highest BCUT2D eigenvalue weighted by molar-refractivity contribution is 5.89. The molecule has 4 heteroatoms. The Morgan fingerprint density at radius 2 is 1.81 bits per heavy atom. The molecule has 0 spiro atoms. The largest absolute Gasteiger partial charge is 0.355 e. The Hall–Kier alpha value is -1.39. The maximum Gasteiger partial charge on any atom is 0.230 e. The topological polar surface area (TPSA) is 53.2 Å². The molecule has 2 unspecified atom stereocenters. The second-order valence-corrected chi connectivity index (χ2v) is 6.54. The Labute approximate surface area is 126 Å². The second-order valence-electron chi connectivity index (χ2n) is 6.54. The molecular weight excluding hydrogens is 262 g/mol. The molecule has 1 saturated heterocycles. The van der Waals surface area contributed by atoms with E-state index in [0.29, 0.717) is 18.0 Å². The van der Waals surface area contributed by atoms with E-state index >= 15 is 0 Å². The van der Waals surface area contributed by atoms with Gasteiger partial charge in [0.25, 0.3) is 0 Å². The van der Waals surface area contributed by atoms with Gasteiger partial charge in [-0.25, -0.2) is 0 Å². The first-order chi connectivity index (χ1) is 10.1. The van der Waals surface area contributed by atoms with Crippen molar-refractivity contribution in [3.05, 3.63) is 35.9 Å². The third-order valence-corrected chi connectivity index (χ3v) is 5.29. The van der Waals surface area contributed by atoms with Crippen molar-refractivity contribution >= 4 is 5.91 Å². The predicted molar refractivity (Wildman–Crippen MR) is 83.7 cm³/mol. The molecule has 1 aliphatic heterocycles. The van der Waals surface area contributed by atoms with Crippen LogP contribution in [0.25, 0.3) is 0 Å². The van der Waals surface area contributed by atoms with Gasteiger partial charge in [0.1, 0.15) is 0 Å². The summed E-state index contributed by atoms with van der Waals surface area (Å²) >= 11 is 0. The Balaban J connectivity index is 1.67. The minimum atomic E-state index is -0.285. The molecule has 2 fully saturated rings. The van der Waals surface area contributed by atoms with Crippen molar-refractivity contribution in [3.63, 3.8) is 0 Å². The molecular formula is C17H25N3O. The minimum absolute atomic E-state index is 0.200. The number of nitrogens with one attached hydrogen (secondary N) is 3. The van der Waals surface area contributed by atoms with Gasteiger partial charge in [0.15, 0.2) is 0 Å². The van der Waals surface area contributed by atoms with Gasteiger partial charge in [0, 0.05) is 24.5 Å². The van der Waals surface area contributed by atoms with Crippen molar-refractivity contribution in [2.24, 2.45) is 5.92 Å². The van der Waals surface area contributed by atoms with Crippen LogP contribution in [0.3, 0.4) is 0 Å². The lowest BCUT2D eigenvalue weighted by molar-refractivity contribution is -0.130. The highest BCUT2D eigenvalue weighted by atomic mass is 16.2. The third-order valence-electron chi connectivity index (χ3n) is 5.29. The van der Waals surface area contributed by atoms with Gasteiger partial charge in [-0.2, -0.15) is 0 Å². The fourth-order valence-corrected chi connectivity index (χ4v) is 3.58. The SMILES string of the molecule is CC1NNC(C)C1CNC(=O)C1(c2ccccc2)CCC1. The molecule has 3 rings (SSSR count). The Morgan fingerprint density at radius 3 is 2.33 bits per heavy atom. The lowest BCUT2D eigenvalue weighted by Crippen LogP contribution is -2.51. The molecule has 1 saturated carbocycles. The molecule has 1 heterocycles. The first kappa shape index (κ1) is 14.5. The van der Waals surface area contributed by atoms with Gasteiger partial charge in [-0.15, -0.1) is 0 Å². The molecule has 0 radical (unpaired) electrons. The van der Waals surface area contributed by atoms with Crippen LogP contribution in [0.4, 0.5) is 0 Å². The van der Waals surface area contributed by atoms with Crippen LogP contribution in [0.5, 0.6) is 0 Å². The zero-order valence-electron chi connectivity index (χ0n) is 12.9. The van der Waals surface area contributed by atoms with Crippen molar-refractivity contribution in [2.75, 3.05) is 6.54 Å². The number of hydrazine groups is 1. The van der Waals surface area contributed by atoms with Gasteiger partial charge < -0.3 is 5.32 Å². The maximum absolute atomic E-state index is 12.8. The van der Waals surface area contributed by atoms with E-state index in [4.69, 9.17) is 0 Å². The van der Waals surface area contributed by atoms with Gasteiger partial charge >= 0.3 is 0 Å². The number of carbonyl (C=O) groups excluding carboxylic acids is 1. The first-order valence-electron chi connectivity index (χ1n) is 7.98. The fraction of sp³-hybridized carbons (Fsp3) is 0.588. The van der Waals surface area contributed by atoms with Gasteiger partial charge in [-0.1, -0.05) is 36.8 Å². The van der Waals surface area contributed by atoms with E-state index in [2.05, 4.69) is 42.1 Å². The van der Waals surface area contributed by atoms with Crippen molar-refractivity contribution in [1.29, 1.82) is 0 Å². The van der Waals surface area contributed by atoms with Crippen LogP contribution in [0, 0.1) is 5.92 Å². The summed E-state index contributed by atoms with van der Waals surface area (Å²) in [7, 11) is 0. The molecule has 4 nitrogen and oxygen atoms in total. The van der Waals surface area contributed by atoms with E-state index < -0.39 is 0 Å². The Morgan fingerprint density at radius 1 is 1.19 bits per heavy atom. The number of hydrogen-bond donors (Lipinski definition) is 3. The summed E-state index contributed by atoms with van der Waals surface area (Å²) in [6.45, 7) is 5.04. The zero-order chi connectivity index (χ0) is 14.9. The monoisotopic (exact) mass is 287 g/mol. The summed E-state index contributed by atoms with van der Waals surface area (Å²) in [4.78, 5) is 12.8. The number of rotatable bonds is 4. The summed E-state index contributed by atoms with van der Waals surface area (Å²) in [5, 5.41) is 3.21. The molecule has 21 heavy (non-hydrogen) atoms. The van der Waals surface area contributed by atoms with Crippen LogP contribution >= 0.6 is 0 Å². The van der Waals surface area contributed by atoms with Crippen molar-refractivity contribution in [1.82, 2.24) is 16.2 Å². The number of carbonyl (C=O) groups is 1. The smallest absolute Gasteiger partial charge is 0.230 e. The van der Waals surface area contributed by atoms with E-state index in [0.717, 1.165) is 31.4 Å². The van der Waals surface area contributed by atoms with Crippen LogP contribution in [-0.4, -0.2) is 24.5 Å². The molecule has 1 aromatic carbocycles. The first-order valence-corrected chi connectivity index (χ1v) is 7.98. The normalized spacial score (nSPS) is 30.7. The zero-order valence-corrected chi connectivity index (χ0v) is 12.9. The molecule has 2 atom stereocenters. The summed E-state index contributed by atoms with van der Waals surface area (Å²) in [6.07, 6.45) is 3.08. The van der Waals surface area contributed by atoms with E-state index in [1.165, 1.54) is 0 Å². The van der Waals surface area contributed by atoms with Gasteiger partial charge in [-0.3, -0.25) is 15.6 Å². The van der Waals surface area contributed by atoms with Crippen LogP contribution < -0.4 is 16.2 Å². The molecule has 114 valence electrons. The average Bonchev–Trinajstić information content (AvgIpc) is 2.76. The lowest BCUT2D eigenvalue weighted by Gasteiger charge is -2.41. The Kier molecular flexibility index (Phi) is 4.00. The lowest BCUT2D eigenvalue weighted by atomic mass is 9.64. The summed E-state index contributed by atoms with van der Waals surface area (Å²) in [6, 6.07) is 11.0. The van der Waals surface area contributed by atoms with Crippen LogP contribution in [0.1, 0.15) is 38.7 Å². The van der Waals surface area contributed by atoms with Gasteiger partial charge in [0.05, 0.1) is 5.41 Å². The van der Waals surface area contributed by atoms with Gasteiger partial charge in [-0.05, 0) is 32.3 Å². The van der Waals surface area contributed by atoms with Gasteiger partial charge in [0.2, 0.25) is 5.91 Å². The van der Waals surface area contributed by atoms with E-state index in [-0.39, 0.29) is 11.3 Å². The fourth-order valence-electron chi connectivity index (χ4n) is 3.58. The standard InChI is InChI=1S/C17H25N3O/c1-12-15(13(2)20-19-12)11-18-16(21)17(9-6-10-17)14-7-4-3-5-8-14/h3-5,7-8,12-13,15,19-20H,6,9-11H2,1-2H3,(H,18,21). The van der Waals surface area contributed by atoms with Crippen molar-refractivity contribution in [3.8, 4) is 0 Å². The highest BCUT2D eigenvalue weighted by Gasteiger charge is 2.45. The van der Waals surface area contributed by atoms with Crippen LogP contribution in [0.15, 0.2) is 30.3 Å². The highest BCUT2D eigenvalue weighted by Crippen LogP contribution is 2.43. The van der Waals surface area contributed by atoms with Crippen LogP contribution in [0.2, 0.25) is 0 Å². The third kappa shape index (κ3) is 2.58. The molecule has 0 bridgehead atoms. The number of hydrogen-bond acceptors (Lipinski definition) is 3. The summed E-state index contributed by atoms with van der Waals surface area (Å²) < 4.78 is 0. The Bertz CT molecular complexity index is 488. The average molecular weight is 287 g/mol. The maximum atomic E-state index is 12.8. The molecule has 0 aromatic heterocycles. The second kappa shape index (κ2) is 5.78.